The van der Waals surface area contributed by atoms with E-state index in [0.717, 1.165) is 23.3 Å². The van der Waals surface area contributed by atoms with E-state index in [-0.39, 0.29) is 12.5 Å². The Hall–Kier alpha value is -3.40. The highest BCUT2D eigenvalue weighted by atomic mass is 16.5. The van der Waals surface area contributed by atoms with E-state index in [2.05, 4.69) is 41.7 Å². The molecular weight excluding hydrogens is 348 g/mol. The Morgan fingerprint density at radius 2 is 1.54 bits per heavy atom. The lowest BCUT2D eigenvalue weighted by Gasteiger charge is -2.07. The van der Waals surface area contributed by atoms with E-state index in [1.165, 1.54) is 11.1 Å². The number of benzene rings is 3. The zero-order valence-electron chi connectivity index (χ0n) is 16.2. The van der Waals surface area contributed by atoms with Gasteiger partial charge in [-0.05, 0) is 47.7 Å². The van der Waals surface area contributed by atoms with Crippen LogP contribution in [0.2, 0.25) is 0 Å². The fraction of sp³-hybridized carbons (Fsp3) is 0.167. The molecule has 1 N–H and O–H groups in total. The van der Waals surface area contributed by atoms with Crippen molar-refractivity contribution >= 4 is 11.6 Å². The number of hydrogen-bond donors (Lipinski definition) is 1. The molecule has 0 atom stereocenters. The number of hydrogen-bond acceptors (Lipinski definition) is 3. The molecule has 4 heteroatoms. The van der Waals surface area contributed by atoms with E-state index in [0.29, 0.717) is 5.75 Å². The van der Waals surface area contributed by atoms with E-state index in [9.17, 15) is 4.79 Å². The SMILES string of the molecule is CCc1ccc(OCC(=O)N/N=C(\C)c2ccc(-c3ccccc3)cc2)cc1. The Kier molecular flexibility index (Phi) is 6.58. The minimum absolute atomic E-state index is 0.0742. The quantitative estimate of drug-likeness (QED) is 0.477. The van der Waals surface area contributed by atoms with Crippen LogP contribution in [0.4, 0.5) is 0 Å². The fourth-order valence-corrected chi connectivity index (χ4v) is 2.75. The minimum atomic E-state index is -0.292. The van der Waals surface area contributed by atoms with Gasteiger partial charge in [-0.3, -0.25) is 4.79 Å². The maximum absolute atomic E-state index is 12.0. The lowest BCUT2D eigenvalue weighted by molar-refractivity contribution is -0.123. The molecular formula is C24H24N2O2. The molecule has 4 nitrogen and oxygen atoms in total. The second-order valence-corrected chi connectivity index (χ2v) is 6.46. The molecule has 0 saturated heterocycles. The molecule has 1 amide bonds. The Morgan fingerprint density at radius 3 is 2.18 bits per heavy atom. The molecule has 142 valence electrons. The van der Waals surface area contributed by atoms with Crippen molar-refractivity contribution in [2.45, 2.75) is 20.3 Å². The number of carbonyl (C=O) groups is 1. The van der Waals surface area contributed by atoms with Crippen molar-refractivity contribution in [1.29, 1.82) is 0 Å². The molecule has 0 aliphatic rings. The molecule has 0 aliphatic carbocycles. The lowest BCUT2D eigenvalue weighted by Crippen LogP contribution is -2.25. The van der Waals surface area contributed by atoms with Crippen LogP contribution in [0.1, 0.15) is 25.0 Å². The molecule has 3 rings (SSSR count). The minimum Gasteiger partial charge on any atom is -0.484 e. The summed E-state index contributed by atoms with van der Waals surface area (Å²) in [6.45, 7) is 3.89. The van der Waals surface area contributed by atoms with Crippen LogP contribution < -0.4 is 10.2 Å². The highest BCUT2D eigenvalue weighted by Crippen LogP contribution is 2.19. The Balaban J connectivity index is 1.53. The molecule has 0 aliphatic heterocycles. The summed E-state index contributed by atoms with van der Waals surface area (Å²) < 4.78 is 5.49. The molecule has 3 aromatic carbocycles. The van der Waals surface area contributed by atoms with Gasteiger partial charge < -0.3 is 4.74 Å². The second kappa shape index (κ2) is 9.51. The van der Waals surface area contributed by atoms with Gasteiger partial charge in [0, 0.05) is 0 Å². The fourth-order valence-electron chi connectivity index (χ4n) is 2.75. The number of rotatable bonds is 7. The largest absolute Gasteiger partial charge is 0.484 e. The maximum Gasteiger partial charge on any atom is 0.277 e. The summed E-state index contributed by atoms with van der Waals surface area (Å²) in [6, 6.07) is 26.0. The van der Waals surface area contributed by atoms with Crippen molar-refractivity contribution in [1.82, 2.24) is 5.43 Å². The van der Waals surface area contributed by atoms with E-state index in [1.807, 2.05) is 61.5 Å². The number of nitrogens with zero attached hydrogens (tertiary/aromatic N) is 1. The topological polar surface area (TPSA) is 50.7 Å². The van der Waals surface area contributed by atoms with Crippen molar-refractivity contribution < 1.29 is 9.53 Å². The Labute approximate surface area is 165 Å². The van der Waals surface area contributed by atoms with Gasteiger partial charge in [0.2, 0.25) is 0 Å². The third-order valence-corrected chi connectivity index (χ3v) is 4.46. The van der Waals surface area contributed by atoms with E-state index in [4.69, 9.17) is 4.74 Å². The van der Waals surface area contributed by atoms with Crippen LogP contribution in [0.25, 0.3) is 11.1 Å². The second-order valence-electron chi connectivity index (χ2n) is 6.46. The number of carbonyl (C=O) groups excluding carboxylic acids is 1. The molecule has 0 radical (unpaired) electrons. The number of hydrazone groups is 1. The number of ether oxygens (including phenoxy) is 1. The van der Waals surface area contributed by atoms with Crippen molar-refractivity contribution in [2.24, 2.45) is 5.10 Å². The summed E-state index contributed by atoms with van der Waals surface area (Å²) in [5, 5.41) is 4.17. The highest BCUT2D eigenvalue weighted by Gasteiger charge is 2.04. The first kappa shape index (κ1) is 19.4. The van der Waals surface area contributed by atoms with E-state index >= 15 is 0 Å². The normalized spacial score (nSPS) is 11.1. The number of amides is 1. The first-order valence-corrected chi connectivity index (χ1v) is 9.36. The van der Waals surface area contributed by atoms with Crippen molar-refractivity contribution in [3.63, 3.8) is 0 Å². The third kappa shape index (κ3) is 5.30. The summed E-state index contributed by atoms with van der Waals surface area (Å²) >= 11 is 0. The molecule has 28 heavy (non-hydrogen) atoms. The van der Waals surface area contributed by atoms with Gasteiger partial charge in [-0.25, -0.2) is 5.43 Å². The van der Waals surface area contributed by atoms with Gasteiger partial charge >= 0.3 is 0 Å². The van der Waals surface area contributed by atoms with Crippen LogP contribution in [0, 0.1) is 0 Å². The average Bonchev–Trinajstić information content (AvgIpc) is 2.77. The molecule has 0 bridgehead atoms. The number of aryl methyl sites for hydroxylation is 1. The van der Waals surface area contributed by atoms with Crippen molar-refractivity contribution in [3.8, 4) is 16.9 Å². The van der Waals surface area contributed by atoms with Crippen molar-refractivity contribution in [2.75, 3.05) is 6.61 Å². The van der Waals surface area contributed by atoms with E-state index < -0.39 is 0 Å². The summed E-state index contributed by atoms with van der Waals surface area (Å²) in [5.41, 5.74) is 7.78. The van der Waals surface area contributed by atoms with Gasteiger partial charge in [0.15, 0.2) is 6.61 Å². The van der Waals surface area contributed by atoms with Crippen LogP contribution in [-0.4, -0.2) is 18.2 Å². The van der Waals surface area contributed by atoms with Gasteiger partial charge in [0.1, 0.15) is 5.75 Å². The maximum atomic E-state index is 12.0. The first-order valence-electron chi connectivity index (χ1n) is 9.36. The van der Waals surface area contributed by atoms with Crippen LogP contribution in [0.5, 0.6) is 5.75 Å². The molecule has 0 spiro atoms. The predicted octanol–water partition coefficient (Wildman–Crippen LogP) is 4.84. The van der Waals surface area contributed by atoms with Gasteiger partial charge in [0.05, 0.1) is 5.71 Å². The molecule has 0 heterocycles. The third-order valence-electron chi connectivity index (χ3n) is 4.46. The smallest absolute Gasteiger partial charge is 0.277 e. The Bertz CT molecular complexity index is 931. The van der Waals surface area contributed by atoms with Gasteiger partial charge in [0.25, 0.3) is 5.91 Å². The molecule has 0 unspecified atom stereocenters. The van der Waals surface area contributed by atoms with Crippen LogP contribution >= 0.6 is 0 Å². The standard InChI is InChI=1S/C24H24N2O2/c1-3-19-9-15-23(16-10-19)28-17-24(27)26-25-18(2)20-11-13-22(14-12-20)21-7-5-4-6-8-21/h4-16H,3,17H2,1-2H3,(H,26,27)/b25-18+. The molecule has 0 aromatic heterocycles. The van der Waals surface area contributed by atoms with Gasteiger partial charge in [-0.15, -0.1) is 0 Å². The molecule has 0 fully saturated rings. The predicted molar refractivity (Wildman–Crippen MR) is 114 cm³/mol. The zero-order valence-corrected chi connectivity index (χ0v) is 16.2. The van der Waals surface area contributed by atoms with Crippen LogP contribution in [0.3, 0.4) is 0 Å². The van der Waals surface area contributed by atoms with Gasteiger partial charge in [-0.2, -0.15) is 5.10 Å². The summed E-state index contributed by atoms with van der Waals surface area (Å²) in [7, 11) is 0. The summed E-state index contributed by atoms with van der Waals surface area (Å²) in [5.74, 6) is 0.379. The summed E-state index contributed by atoms with van der Waals surface area (Å²) in [4.78, 5) is 12.0. The van der Waals surface area contributed by atoms with E-state index in [1.54, 1.807) is 0 Å². The summed E-state index contributed by atoms with van der Waals surface area (Å²) in [6.07, 6.45) is 0.973. The first-order chi connectivity index (χ1) is 13.7. The van der Waals surface area contributed by atoms with Crippen LogP contribution in [0.15, 0.2) is 84.0 Å². The Morgan fingerprint density at radius 1 is 0.893 bits per heavy atom. The van der Waals surface area contributed by atoms with Crippen molar-refractivity contribution in [3.05, 3.63) is 90.0 Å². The monoisotopic (exact) mass is 372 g/mol. The highest BCUT2D eigenvalue weighted by molar-refractivity contribution is 5.99. The average molecular weight is 372 g/mol. The lowest BCUT2D eigenvalue weighted by atomic mass is 10.0. The van der Waals surface area contributed by atoms with Gasteiger partial charge in [-0.1, -0.05) is 73.7 Å². The molecule has 0 saturated carbocycles. The molecule has 3 aromatic rings. The zero-order chi connectivity index (χ0) is 19.8. The number of nitrogens with one attached hydrogen (secondary N) is 1. The van der Waals surface area contributed by atoms with Crippen LogP contribution in [-0.2, 0) is 11.2 Å².